The summed E-state index contributed by atoms with van der Waals surface area (Å²) in [6, 6.07) is 8.43. The predicted octanol–water partition coefficient (Wildman–Crippen LogP) is 4.36. The van der Waals surface area contributed by atoms with Crippen molar-refractivity contribution in [2.45, 2.75) is 19.8 Å². The second kappa shape index (κ2) is 8.79. The molecule has 1 unspecified atom stereocenters. The van der Waals surface area contributed by atoms with Crippen LogP contribution in [0.3, 0.4) is 0 Å². The van der Waals surface area contributed by atoms with Crippen molar-refractivity contribution in [1.29, 1.82) is 0 Å². The first-order valence-electron chi connectivity index (χ1n) is 8.38. The zero-order valence-electron chi connectivity index (χ0n) is 14.5. The van der Waals surface area contributed by atoms with E-state index in [4.69, 9.17) is 0 Å². The van der Waals surface area contributed by atoms with E-state index < -0.39 is 0 Å². The van der Waals surface area contributed by atoms with Crippen LogP contribution in [0.4, 0.5) is 4.39 Å². The molecule has 1 aliphatic rings. The first-order valence-corrected chi connectivity index (χ1v) is 9.20. The van der Waals surface area contributed by atoms with Gasteiger partial charge in [0.05, 0.1) is 4.88 Å². The smallest absolute Gasteiger partial charge is 0.263 e. The van der Waals surface area contributed by atoms with E-state index in [2.05, 4.69) is 5.32 Å². The summed E-state index contributed by atoms with van der Waals surface area (Å²) in [5, 5.41) is 3.21. The van der Waals surface area contributed by atoms with Crippen LogP contribution < -0.4 is 5.32 Å². The second-order valence-corrected chi connectivity index (χ2v) is 7.50. The third-order valence-corrected chi connectivity index (χ3v) is 5.81. The standard InChI is InChI=1S/C19H23FN2OS.ClH/c1-13-10-17(24-18(13)15-5-7-16(20)8-6-15)19(23)22-9-3-4-14(12-22)11-21-2;/h5-8,10,14,21H,3-4,9,11-12H2,1-2H3;1H. The molecule has 1 saturated heterocycles. The summed E-state index contributed by atoms with van der Waals surface area (Å²) in [5.41, 5.74) is 2.03. The average molecular weight is 383 g/mol. The second-order valence-electron chi connectivity index (χ2n) is 6.45. The molecule has 0 radical (unpaired) electrons. The highest BCUT2D eigenvalue weighted by molar-refractivity contribution is 7.17. The summed E-state index contributed by atoms with van der Waals surface area (Å²) in [6.45, 7) is 4.62. The van der Waals surface area contributed by atoms with Crippen LogP contribution in [0.2, 0.25) is 0 Å². The normalized spacial score (nSPS) is 17.2. The number of carbonyl (C=O) groups excluding carboxylic acids is 1. The first-order chi connectivity index (χ1) is 11.6. The van der Waals surface area contributed by atoms with E-state index in [0.29, 0.717) is 5.92 Å². The lowest BCUT2D eigenvalue weighted by Gasteiger charge is -2.32. The number of piperidine rings is 1. The molecule has 1 aliphatic heterocycles. The number of nitrogens with one attached hydrogen (secondary N) is 1. The Balaban J connectivity index is 0.00000225. The number of benzene rings is 1. The Morgan fingerprint density at radius 3 is 2.76 bits per heavy atom. The van der Waals surface area contributed by atoms with E-state index in [0.717, 1.165) is 46.9 Å². The summed E-state index contributed by atoms with van der Waals surface area (Å²) in [6.07, 6.45) is 2.24. The van der Waals surface area contributed by atoms with Crippen molar-refractivity contribution in [1.82, 2.24) is 10.2 Å². The summed E-state index contributed by atoms with van der Waals surface area (Å²) in [4.78, 5) is 16.7. The number of hydrogen-bond acceptors (Lipinski definition) is 3. The van der Waals surface area contributed by atoms with Crippen LogP contribution in [-0.2, 0) is 0 Å². The van der Waals surface area contributed by atoms with Crippen LogP contribution in [0.1, 0.15) is 28.1 Å². The summed E-state index contributed by atoms with van der Waals surface area (Å²) in [7, 11) is 1.96. The molecule has 2 heterocycles. The zero-order chi connectivity index (χ0) is 17.1. The van der Waals surface area contributed by atoms with Gasteiger partial charge in [0.15, 0.2) is 0 Å². The fourth-order valence-corrected chi connectivity index (χ4v) is 4.48. The van der Waals surface area contributed by atoms with Gasteiger partial charge in [-0.05, 0) is 68.6 Å². The number of hydrogen-bond donors (Lipinski definition) is 1. The van der Waals surface area contributed by atoms with Gasteiger partial charge in [-0.2, -0.15) is 0 Å². The minimum absolute atomic E-state index is 0. The number of likely N-dealkylation sites (tertiary alicyclic amines) is 1. The first kappa shape index (κ1) is 19.9. The number of amides is 1. The Kier molecular flexibility index (Phi) is 6.99. The molecule has 25 heavy (non-hydrogen) atoms. The molecule has 1 aromatic carbocycles. The van der Waals surface area contributed by atoms with Crippen LogP contribution in [0.25, 0.3) is 10.4 Å². The van der Waals surface area contributed by atoms with Gasteiger partial charge in [0.25, 0.3) is 5.91 Å². The molecule has 6 heteroatoms. The topological polar surface area (TPSA) is 32.3 Å². The Bertz CT molecular complexity index is 715. The molecular weight excluding hydrogens is 359 g/mol. The lowest BCUT2D eigenvalue weighted by Crippen LogP contribution is -2.42. The van der Waals surface area contributed by atoms with Crippen molar-refractivity contribution in [3.8, 4) is 10.4 Å². The number of halogens is 2. The predicted molar refractivity (Wildman–Crippen MR) is 104 cm³/mol. The van der Waals surface area contributed by atoms with Crippen molar-refractivity contribution in [2.24, 2.45) is 5.92 Å². The molecule has 1 amide bonds. The maximum atomic E-state index is 13.1. The highest BCUT2D eigenvalue weighted by Crippen LogP contribution is 2.33. The van der Waals surface area contributed by atoms with E-state index >= 15 is 0 Å². The Labute approximate surface area is 158 Å². The Morgan fingerprint density at radius 2 is 2.08 bits per heavy atom. The largest absolute Gasteiger partial charge is 0.338 e. The van der Waals surface area contributed by atoms with Gasteiger partial charge in [-0.1, -0.05) is 12.1 Å². The Morgan fingerprint density at radius 1 is 1.36 bits per heavy atom. The van der Waals surface area contributed by atoms with Gasteiger partial charge in [0.1, 0.15) is 5.82 Å². The maximum absolute atomic E-state index is 13.1. The van der Waals surface area contributed by atoms with Crippen LogP contribution in [0.5, 0.6) is 0 Å². The lowest BCUT2D eigenvalue weighted by atomic mass is 9.98. The van der Waals surface area contributed by atoms with E-state index in [1.165, 1.54) is 29.9 Å². The van der Waals surface area contributed by atoms with Gasteiger partial charge in [-0.3, -0.25) is 4.79 Å². The maximum Gasteiger partial charge on any atom is 0.263 e. The fourth-order valence-electron chi connectivity index (χ4n) is 3.34. The molecule has 0 spiro atoms. The van der Waals surface area contributed by atoms with Gasteiger partial charge in [0.2, 0.25) is 0 Å². The quantitative estimate of drug-likeness (QED) is 0.852. The van der Waals surface area contributed by atoms with Crippen LogP contribution in [-0.4, -0.2) is 37.5 Å². The number of aryl methyl sites for hydroxylation is 1. The average Bonchev–Trinajstić information content (AvgIpc) is 2.97. The third-order valence-electron chi connectivity index (χ3n) is 4.53. The van der Waals surface area contributed by atoms with Crippen molar-refractivity contribution < 1.29 is 9.18 Å². The van der Waals surface area contributed by atoms with E-state index in [1.807, 2.05) is 24.9 Å². The van der Waals surface area contributed by atoms with E-state index in [1.54, 1.807) is 12.1 Å². The minimum atomic E-state index is -0.242. The summed E-state index contributed by atoms with van der Waals surface area (Å²) in [5.74, 6) is 0.413. The van der Waals surface area contributed by atoms with Gasteiger partial charge in [-0.15, -0.1) is 23.7 Å². The van der Waals surface area contributed by atoms with Crippen molar-refractivity contribution in [2.75, 3.05) is 26.7 Å². The van der Waals surface area contributed by atoms with Crippen molar-refractivity contribution in [3.05, 3.63) is 46.6 Å². The molecule has 136 valence electrons. The highest BCUT2D eigenvalue weighted by Gasteiger charge is 2.25. The molecule has 1 fully saturated rings. The van der Waals surface area contributed by atoms with Crippen LogP contribution in [0.15, 0.2) is 30.3 Å². The van der Waals surface area contributed by atoms with Gasteiger partial charge in [0, 0.05) is 18.0 Å². The van der Waals surface area contributed by atoms with Gasteiger partial charge >= 0.3 is 0 Å². The van der Waals surface area contributed by atoms with Gasteiger partial charge < -0.3 is 10.2 Å². The molecule has 1 aromatic heterocycles. The molecule has 3 nitrogen and oxygen atoms in total. The number of carbonyl (C=O) groups is 1. The number of thiophene rings is 1. The highest BCUT2D eigenvalue weighted by atomic mass is 35.5. The molecule has 0 saturated carbocycles. The summed E-state index contributed by atoms with van der Waals surface area (Å²) >= 11 is 1.51. The van der Waals surface area contributed by atoms with E-state index in [-0.39, 0.29) is 24.1 Å². The summed E-state index contributed by atoms with van der Waals surface area (Å²) < 4.78 is 13.1. The van der Waals surface area contributed by atoms with Crippen molar-refractivity contribution in [3.63, 3.8) is 0 Å². The molecular formula is C19H24ClFN2OS. The van der Waals surface area contributed by atoms with Crippen molar-refractivity contribution >= 4 is 29.7 Å². The molecule has 3 rings (SSSR count). The van der Waals surface area contributed by atoms with Gasteiger partial charge in [-0.25, -0.2) is 4.39 Å². The SMILES string of the molecule is CNCC1CCCN(C(=O)c2cc(C)c(-c3ccc(F)cc3)s2)C1.Cl. The van der Waals surface area contributed by atoms with Crippen LogP contribution >= 0.6 is 23.7 Å². The fraction of sp³-hybridized carbons (Fsp3) is 0.421. The lowest BCUT2D eigenvalue weighted by molar-refractivity contribution is 0.0679. The molecule has 0 bridgehead atoms. The molecule has 1 N–H and O–H groups in total. The molecule has 0 aliphatic carbocycles. The number of rotatable bonds is 4. The van der Waals surface area contributed by atoms with Crippen LogP contribution in [0, 0.1) is 18.7 Å². The molecule has 2 aromatic rings. The van der Waals surface area contributed by atoms with E-state index in [9.17, 15) is 9.18 Å². The minimum Gasteiger partial charge on any atom is -0.338 e. The Hall–Kier alpha value is -1.43. The number of nitrogens with zero attached hydrogens (tertiary/aromatic N) is 1. The third kappa shape index (κ3) is 4.60. The monoisotopic (exact) mass is 382 g/mol. The zero-order valence-corrected chi connectivity index (χ0v) is 16.2. The molecule has 1 atom stereocenters.